The third kappa shape index (κ3) is 5.29. The van der Waals surface area contributed by atoms with Gasteiger partial charge in [0.1, 0.15) is 11.6 Å². The zero-order chi connectivity index (χ0) is 20.8. The fraction of sp³-hybridized carbons (Fsp3) is 0.360. The van der Waals surface area contributed by atoms with E-state index in [2.05, 4.69) is 22.9 Å². The summed E-state index contributed by atoms with van der Waals surface area (Å²) in [6.07, 6.45) is 10.3. The molecular formula is C25H29N3O2. The molecule has 1 N–H and O–H groups in total. The van der Waals surface area contributed by atoms with E-state index in [0.29, 0.717) is 5.92 Å². The van der Waals surface area contributed by atoms with Gasteiger partial charge in [0.2, 0.25) is 5.91 Å². The van der Waals surface area contributed by atoms with Gasteiger partial charge < -0.3 is 15.0 Å². The highest BCUT2D eigenvalue weighted by Gasteiger charge is 2.21. The molecule has 2 aliphatic heterocycles. The number of rotatable bonds is 6. The number of aromatic nitrogens is 1. The van der Waals surface area contributed by atoms with Crippen molar-refractivity contribution >= 4 is 17.8 Å². The number of piperidine rings is 1. The number of allylic oxidation sites excluding steroid dienone is 1. The van der Waals surface area contributed by atoms with E-state index < -0.39 is 0 Å². The van der Waals surface area contributed by atoms with Crippen LogP contribution in [0.2, 0.25) is 0 Å². The van der Waals surface area contributed by atoms with Crippen LogP contribution in [0, 0.1) is 5.92 Å². The summed E-state index contributed by atoms with van der Waals surface area (Å²) in [5.41, 5.74) is 3.14. The van der Waals surface area contributed by atoms with E-state index in [1.807, 2.05) is 41.3 Å². The number of amides is 1. The Bertz CT molecular complexity index is 915. The van der Waals surface area contributed by atoms with Crippen LogP contribution in [0.3, 0.4) is 0 Å². The van der Waals surface area contributed by atoms with E-state index in [0.717, 1.165) is 74.6 Å². The summed E-state index contributed by atoms with van der Waals surface area (Å²) in [7, 11) is 0. The van der Waals surface area contributed by atoms with Gasteiger partial charge >= 0.3 is 0 Å². The maximum Gasteiger partial charge on any atom is 0.246 e. The zero-order valence-corrected chi connectivity index (χ0v) is 17.3. The summed E-state index contributed by atoms with van der Waals surface area (Å²) < 4.78 is 5.81. The first-order valence-corrected chi connectivity index (χ1v) is 10.8. The van der Waals surface area contributed by atoms with Gasteiger partial charge in [-0.25, -0.2) is 4.98 Å². The number of hydrogen-bond acceptors (Lipinski definition) is 4. The Morgan fingerprint density at radius 3 is 2.83 bits per heavy atom. The lowest BCUT2D eigenvalue weighted by Gasteiger charge is -2.31. The van der Waals surface area contributed by atoms with Crippen LogP contribution >= 0.6 is 0 Å². The molecule has 1 amide bonds. The fourth-order valence-electron chi connectivity index (χ4n) is 4.01. The maximum atomic E-state index is 12.6. The van der Waals surface area contributed by atoms with Gasteiger partial charge in [0.25, 0.3) is 0 Å². The number of carbonyl (C=O) groups is 1. The molecule has 0 atom stereocenters. The lowest BCUT2D eigenvalue weighted by Crippen LogP contribution is -2.37. The van der Waals surface area contributed by atoms with Gasteiger partial charge in [-0.15, -0.1) is 0 Å². The molecule has 1 fully saturated rings. The Morgan fingerprint density at radius 1 is 1.23 bits per heavy atom. The van der Waals surface area contributed by atoms with Crippen molar-refractivity contribution in [2.45, 2.75) is 32.1 Å². The Morgan fingerprint density at radius 2 is 2.03 bits per heavy atom. The van der Waals surface area contributed by atoms with E-state index in [-0.39, 0.29) is 5.91 Å². The second-order valence-corrected chi connectivity index (χ2v) is 8.06. The summed E-state index contributed by atoms with van der Waals surface area (Å²) in [5, 5.41) is 3.22. The number of benzene rings is 1. The molecule has 4 rings (SSSR count). The molecule has 30 heavy (non-hydrogen) atoms. The van der Waals surface area contributed by atoms with Crippen molar-refractivity contribution in [3.05, 3.63) is 72.1 Å². The number of fused-ring (bicyclic) bond motifs is 1. The maximum absolute atomic E-state index is 12.6. The molecule has 0 bridgehead atoms. The van der Waals surface area contributed by atoms with Crippen molar-refractivity contribution in [1.82, 2.24) is 9.88 Å². The van der Waals surface area contributed by atoms with Crippen molar-refractivity contribution in [2.75, 3.05) is 25.0 Å². The Kier molecular flexibility index (Phi) is 6.47. The van der Waals surface area contributed by atoms with Crippen molar-refractivity contribution in [1.29, 1.82) is 0 Å². The van der Waals surface area contributed by atoms with Crippen LogP contribution in [0.15, 0.2) is 60.9 Å². The van der Waals surface area contributed by atoms with E-state index >= 15 is 0 Å². The third-order valence-electron chi connectivity index (χ3n) is 5.86. The minimum Gasteiger partial charge on any atom is -0.494 e. The molecule has 5 nitrogen and oxygen atoms in total. The molecule has 156 valence electrons. The lowest BCUT2D eigenvalue weighted by molar-refractivity contribution is -0.127. The molecule has 0 radical (unpaired) electrons. The number of nitrogens with zero attached hydrogens (tertiary/aromatic N) is 2. The number of likely N-dealkylation sites (tertiary alicyclic amines) is 1. The Hall–Kier alpha value is -3.08. The molecule has 1 aromatic heterocycles. The van der Waals surface area contributed by atoms with Crippen LogP contribution in [0.25, 0.3) is 6.08 Å². The van der Waals surface area contributed by atoms with Crippen molar-refractivity contribution in [3.8, 4) is 5.75 Å². The van der Waals surface area contributed by atoms with Crippen LogP contribution in [0.5, 0.6) is 5.75 Å². The second kappa shape index (κ2) is 9.61. The molecule has 0 spiro atoms. The number of anilines is 1. The minimum absolute atomic E-state index is 0.0817. The summed E-state index contributed by atoms with van der Waals surface area (Å²) in [6.45, 7) is 6.32. The zero-order valence-electron chi connectivity index (χ0n) is 17.3. The smallest absolute Gasteiger partial charge is 0.246 e. The number of nitrogens with one attached hydrogen (secondary N) is 1. The molecule has 5 heteroatoms. The lowest BCUT2D eigenvalue weighted by atomic mass is 9.94. The van der Waals surface area contributed by atoms with E-state index in [1.54, 1.807) is 12.3 Å². The fourth-order valence-corrected chi connectivity index (χ4v) is 4.01. The van der Waals surface area contributed by atoms with E-state index in [1.165, 1.54) is 5.56 Å². The topological polar surface area (TPSA) is 54.5 Å². The van der Waals surface area contributed by atoms with Gasteiger partial charge in [-0.05, 0) is 73.4 Å². The predicted octanol–water partition coefficient (Wildman–Crippen LogP) is 4.67. The summed E-state index contributed by atoms with van der Waals surface area (Å²) in [6, 6.07) is 12.0. The summed E-state index contributed by atoms with van der Waals surface area (Å²) >= 11 is 0. The first-order chi connectivity index (χ1) is 14.7. The van der Waals surface area contributed by atoms with Gasteiger partial charge in [0.15, 0.2) is 0 Å². The van der Waals surface area contributed by atoms with Gasteiger partial charge in [0.05, 0.1) is 6.61 Å². The SMILES string of the molecule is C=C1CCc2cc(/C=C/C(=O)N3CCC(CCOc4ccccc4)CC3)cnc2N1. The molecule has 1 saturated heterocycles. The van der Waals surface area contributed by atoms with Gasteiger partial charge in [-0.3, -0.25) is 4.79 Å². The quantitative estimate of drug-likeness (QED) is 0.712. The van der Waals surface area contributed by atoms with Crippen LogP contribution in [-0.2, 0) is 11.2 Å². The highest BCUT2D eigenvalue weighted by atomic mass is 16.5. The largest absolute Gasteiger partial charge is 0.494 e. The Labute approximate surface area is 178 Å². The number of ether oxygens (including phenoxy) is 1. The van der Waals surface area contributed by atoms with Crippen molar-refractivity contribution < 1.29 is 9.53 Å². The second-order valence-electron chi connectivity index (χ2n) is 8.06. The van der Waals surface area contributed by atoms with Crippen molar-refractivity contribution in [3.63, 3.8) is 0 Å². The highest BCUT2D eigenvalue weighted by Crippen LogP contribution is 2.25. The first-order valence-electron chi connectivity index (χ1n) is 10.8. The molecule has 0 saturated carbocycles. The summed E-state index contributed by atoms with van der Waals surface area (Å²) in [4.78, 5) is 19.0. The molecule has 3 heterocycles. The highest BCUT2D eigenvalue weighted by molar-refractivity contribution is 5.91. The molecule has 0 aliphatic carbocycles. The minimum atomic E-state index is 0.0817. The average molecular weight is 404 g/mol. The van der Waals surface area contributed by atoms with E-state index in [9.17, 15) is 4.79 Å². The first kappa shape index (κ1) is 20.2. The monoisotopic (exact) mass is 403 g/mol. The van der Waals surface area contributed by atoms with Crippen molar-refractivity contribution in [2.24, 2.45) is 5.92 Å². The number of hydrogen-bond donors (Lipinski definition) is 1. The standard InChI is InChI=1S/C25H29N3O2/c1-19-7-9-22-17-21(18-26-25(22)27-19)8-10-24(29)28-14-11-20(12-15-28)13-16-30-23-5-3-2-4-6-23/h2-6,8,10,17-18,20H,1,7,9,11-16H2,(H,26,27)/b10-8+. The number of pyridine rings is 1. The van der Waals surface area contributed by atoms with Gasteiger partial charge in [-0.1, -0.05) is 24.8 Å². The molecule has 0 unspecified atom stereocenters. The Balaban J connectivity index is 1.22. The number of para-hydroxylation sites is 1. The van der Waals surface area contributed by atoms with Crippen LogP contribution in [0.1, 0.15) is 36.8 Å². The summed E-state index contributed by atoms with van der Waals surface area (Å²) in [5.74, 6) is 2.51. The average Bonchev–Trinajstić information content (AvgIpc) is 2.78. The molecular weight excluding hydrogens is 374 g/mol. The van der Waals surface area contributed by atoms with Crippen LogP contribution in [-0.4, -0.2) is 35.5 Å². The predicted molar refractivity (Wildman–Crippen MR) is 120 cm³/mol. The third-order valence-corrected chi connectivity index (χ3v) is 5.86. The molecule has 2 aliphatic rings. The molecule has 2 aromatic rings. The van der Waals surface area contributed by atoms with Crippen LogP contribution in [0.4, 0.5) is 5.82 Å². The normalized spacial score (nSPS) is 16.9. The van der Waals surface area contributed by atoms with Gasteiger partial charge in [-0.2, -0.15) is 0 Å². The number of carbonyl (C=O) groups excluding carboxylic acids is 1. The van der Waals surface area contributed by atoms with Gasteiger partial charge in [0, 0.05) is 31.1 Å². The molecule has 1 aromatic carbocycles. The van der Waals surface area contributed by atoms with E-state index in [4.69, 9.17) is 4.74 Å². The van der Waals surface area contributed by atoms with Crippen LogP contribution < -0.4 is 10.1 Å². The number of aryl methyl sites for hydroxylation is 1.